The molecule has 0 unspecified atom stereocenters. The maximum Gasteiger partial charge on any atom is 0.169 e. The summed E-state index contributed by atoms with van der Waals surface area (Å²) >= 11 is 0. The summed E-state index contributed by atoms with van der Waals surface area (Å²) in [5, 5.41) is 8.95. The molecule has 0 spiro atoms. The molecule has 0 bridgehead atoms. The number of hydrogen-bond acceptors (Lipinski definition) is 3. The minimum absolute atomic E-state index is 0.807. The summed E-state index contributed by atoms with van der Waals surface area (Å²) in [6.45, 7) is 2.08. The number of benzene rings is 2. The highest BCUT2D eigenvalue weighted by atomic mass is 15.3. The number of aromatic nitrogens is 4. The summed E-state index contributed by atoms with van der Waals surface area (Å²) < 4.78 is 2.06. The van der Waals surface area contributed by atoms with E-state index in [1.807, 2.05) is 60.8 Å². The molecular formula is C20H16N4. The molecule has 0 radical (unpaired) electrons. The average molecular weight is 312 g/mol. The lowest BCUT2D eigenvalue weighted by molar-refractivity contribution is 1.05. The molecular weight excluding hydrogens is 296 g/mol. The molecule has 0 fully saturated rings. The second kappa shape index (κ2) is 6.08. The maximum absolute atomic E-state index is 4.49. The molecule has 0 aliphatic rings. The number of hydrogen-bond donors (Lipinski definition) is 0. The summed E-state index contributed by atoms with van der Waals surface area (Å²) in [4.78, 5) is 4.26. The van der Waals surface area contributed by atoms with Crippen molar-refractivity contribution in [3.63, 3.8) is 0 Å². The molecule has 24 heavy (non-hydrogen) atoms. The molecule has 2 aromatic carbocycles. The number of pyridine rings is 1. The van der Waals surface area contributed by atoms with Gasteiger partial charge in [-0.05, 0) is 24.6 Å². The summed E-state index contributed by atoms with van der Waals surface area (Å²) in [5.74, 6) is 1.63. The molecule has 0 saturated carbocycles. The Morgan fingerprint density at radius 2 is 1.50 bits per heavy atom. The van der Waals surface area contributed by atoms with Crippen LogP contribution in [0.25, 0.3) is 28.5 Å². The van der Waals surface area contributed by atoms with Crippen molar-refractivity contribution in [1.29, 1.82) is 0 Å². The molecule has 116 valence electrons. The highest BCUT2D eigenvalue weighted by Gasteiger charge is 2.17. The van der Waals surface area contributed by atoms with Gasteiger partial charge in [-0.2, -0.15) is 0 Å². The van der Waals surface area contributed by atoms with E-state index < -0.39 is 0 Å². The van der Waals surface area contributed by atoms with Crippen LogP contribution >= 0.6 is 0 Å². The van der Waals surface area contributed by atoms with Crippen molar-refractivity contribution in [2.45, 2.75) is 6.92 Å². The van der Waals surface area contributed by atoms with Gasteiger partial charge in [0.1, 0.15) is 0 Å². The highest BCUT2D eigenvalue weighted by Crippen LogP contribution is 2.29. The third-order valence-electron chi connectivity index (χ3n) is 3.99. The minimum atomic E-state index is 0.807. The topological polar surface area (TPSA) is 43.6 Å². The Labute approximate surface area is 140 Å². The molecule has 4 rings (SSSR count). The monoisotopic (exact) mass is 312 g/mol. The lowest BCUT2D eigenvalue weighted by Gasteiger charge is -2.11. The van der Waals surface area contributed by atoms with Crippen LogP contribution in [-0.2, 0) is 0 Å². The molecule has 4 heteroatoms. The Bertz CT molecular complexity index is 959. The van der Waals surface area contributed by atoms with E-state index in [0.717, 1.165) is 34.0 Å². The minimum Gasteiger partial charge on any atom is -0.273 e. The first kappa shape index (κ1) is 14.3. The largest absolute Gasteiger partial charge is 0.273 e. The first-order valence-corrected chi connectivity index (χ1v) is 7.82. The van der Waals surface area contributed by atoms with Gasteiger partial charge in [0.2, 0.25) is 0 Å². The fourth-order valence-electron chi connectivity index (χ4n) is 2.79. The van der Waals surface area contributed by atoms with Crippen LogP contribution in [0.15, 0.2) is 79.1 Å². The zero-order chi connectivity index (χ0) is 16.4. The molecule has 0 aliphatic carbocycles. The number of rotatable bonds is 3. The number of aryl methyl sites for hydroxylation is 1. The Morgan fingerprint density at radius 1 is 0.750 bits per heavy atom. The average Bonchev–Trinajstić information content (AvgIpc) is 3.08. The van der Waals surface area contributed by atoms with E-state index in [1.165, 1.54) is 0 Å². The van der Waals surface area contributed by atoms with Gasteiger partial charge in [-0.15, -0.1) is 10.2 Å². The summed E-state index contributed by atoms with van der Waals surface area (Å²) in [5.41, 5.74) is 4.19. The fraction of sp³-hybridized carbons (Fsp3) is 0.0500. The van der Waals surface area contributed by atoms with E-state index in [0.29, 0.717) is 0 Å². The van der Waals surface area contributed by atoms with Crippen molar-refractivity contribution < 1.29 is 0 Å². The maximum atomic E-state index is 4.49. The van der Waals surface area contributed by atoms with Crippen LogP contribution < -0.4 is 0 Å². The first-order chi connectivity index (χ1) is 11.8. The van der Waals surface area contributed by atoms with Crippen LogP contribution in [0.4, 0.5) is 0 Å². The molecule has 4 aromatic rings. The zero-order valence-electron chi connectivity index (χ0n) is 13.3. The van der Waals surface area contributed by atoms with E-state index in [4.69, 9.17) is 0 Å². The van der Waals surface area contributed by atoms with E-state index >= 15 is 0 Å². The van der Waals surface area contributed by atoms with Crippen molar-refractivity contribution in [2.24, 2.45) is 0 Å². The van der Waals surface area contributed by atoms with E-state index in [-0.39, 0.29) is 0 Å². The van der Waals surface area contributed by atoms with Crippen LogP contribution in [0.1, 0.15) is 5.56 Å². The lowest BCUT2D eigenvalue weighted by atomic mass is 10.1. The smallest absolute Gasteiger partial charge is 0.169 e. The van der Waals surface area contributed by atoms with Gasteiger partial charge < -0.3 is 0 Å². The van der Waals surface area contributed by atoms with Gasteiger partial charge in [0, 0.05) is 17.3 Å². The fourth-order valence-corrected chi connectivity index (χ4v) is 2.79. The third-order valence-corrected chi connectivity index (χ3v) is 3.99. The van der Waals surface area contributed by atoms with Gasteiger partial charge >= 0.3 is 0 Å². The summed E-state index contributed by atoms with van der Waals surface area (Å²) in [6.07, 6.45) is 3.60. The highest BCUT2D eigenvalue weighted by molar-refractivity contribution is 5.68. The molecule has 2 heterocycles. The van der Waals surface area contributed by atoms with Gasteiger partial charge in [-0.25, -0.2) is 0 Å². The second-order valence-electron chi connectivity index (χ2n) is 5.57. The van der Waals surface area contributed by atoms with Crippen LogP contribution in [0.3, 0.4) is 0 Å². The van der Waals surface area contributed by atoms with Gasteiger partial charge in [0.05, 0.1) is 11.9 Å². The van der Waals surface area contributed by atoms with Crippen LogP contribution in [0.5, 0.6) is 0 Å². The zero-order valence-corrected chi connectivity index (χ0v) is 13.3. The Kier molecular flexibility index (Phi) is 3.63. The van der Waals surface area contributed by atoms with Crippen LogP contribution in [0, 0.1) is 6.92 Å². The van der Waals surface area contributed by atoms with E-state index in [1.54, 1.807) is 6.20 Å². The quantitative estimate of drug-likeness (QED) is 0.566. The van der Waals surface area contributed by atoms with Crippen molar-refractivity contribution in [2.75, 3.05) is 0 Å². The van der Waals surface area contributed by atoms with Crippen molar-refractivity contribution in [1.82, 2.24) is 19.7 Å². The SMILES string of the molecule is Cc1ccccc1-c1nnc(-c2ccccc2)n1-c1cccnc1. The van der Waals surface area contributed by atoms with Gasteiger partial charge in [-0.3, -0.25) is 9.55 Å². The Balaban J connectivity index is 2.00. The van der Waals surface area contributed by atoms with Gasteiger partial charge in [0.15, 0.2) is 11.6 Å². The molecule has 2 aromatic heterocycles. The van der Waals surface area contributed by atoms with E-state index in [9.17, 15) is 0 Å². The van der Waals surface area contributed by atoms with Gasteiger partial charge in [0.25, 0.3) is 0 Å². The normalized spacial score (nSPS) is 10.7. The lowest BCUT2D eigenvalue weighted by Crippen LogP contribution is -2.01. The Morgan fingerprint density at radius 3 is 2.25 bits per heavy atom. The van der Waals surface area contributed by atoms with Crippen LogP contribution in [0.2, 0.25) is 0 Å². The summed E-state index contributed by atoms with van der Waals surface area (Å²) in [6, 6.07) is 22.2. The summed E-state index contributed by atoms with van der Waals surface area (Å²) in [7, 11) is 0. The first-order valence-electron chi connectivity index (χ1n) is 7.82. The second-order valence-corrected chi connectivity index (χ2v) is 5.57. The standard InChI is InChI=1S/C20H16N4/c1-15-8-5-6-12-18(15)20-23-22-19(16-9-3-2-4-10-16)24(20)17-11-7-13-21-14-17/h2-14H,1H3. The Hall–Kier alpha value is -3.27. The molecule has 0 saturated heterocycles. The van der Waals surface area contributed by atoms with Crippen molar-refractivity contribution in [3.05, 3.63) is 84.7 Å². The predicted octanol–water partition coefficient (Wildman–Crippen LogP) is 4.30. The van der Waals surface area contributed by atoms with Crippen molar-refractivity contribution in [3.8, 4) is 28.5 Å². The van der Waals surface area contributed by atoms with Crippen molar-refractivity contribution >= 4 is 0 Å². The molecule has 0 N–H and O–H groups in total. The predicted molar refractivity (Wildman–Crippen MR) is 94.8 cm³/mol. The molecule has 0 atom stereocenters. The molecule has 0 aliphatic heterocycles. The molecule has 4 nitrogen and oxygen atoms in total. The number of nitrogens with zero attached hydrogens (tertiary/aromatic N) is 4. The molecule has 0 amide bonds. The van der Waals surface area contributed by atoms with E-state index in [2.05, 4.69) is 38.8 Å². The van der Waals surface area contributed by atoms with Gasteiger partial charge in [-0.1, -0.05) is 54.6 Å². The van der Waals surface area contributed by atoms with Crippen LogP contribution in [-0.4, -0.2) is 19.7 Å². The third kappa shape index (κ3) is 2.48.